The summed E-state index contributed by atoms with van der Waals surface area (Å²) in [6.07, 6.45) is 3.14. The number of aromatic nitrogens is 3. The fourth-order valence-electron chi connectivity index (χ4n) is 1.63. The molecule has 4 nitrogen and oxygen atoms in total. The maximum atomic E-state index is 12.3. The lowest BCUT2D eigenvalue weighted by Gasteiger charge is -2.01. The minimum Gasteiger partial charge on any atom is -0.287 e. The van der Waals surface area contributed by atoms with Crippen LogP contribution in [0.25, 0.3) is 10.2 Å². The van der Waals surface area contributed by atoms with Crippen molar-refractivity contribution >= 4 is 38.9 Å². The number of halogens is 1. The summed E-state index contributed by atoms with van der Waals surface area (Å²) in [5.74, 6) is -0.172. The van der Waals surface area contributed by atoms with Gasteiger partial charge in [0.2, 0.25) is 11.1 Å². The molecule has 3 aromatic rings. The Hall–Kier alpha value is -1.85. The zero-order chi connectivity index (χ0) is 12.5. The van der Waals surface area contributed by atoms with Crippen LogP contribution in [0.5, 0.6) is 0 Å². The topological polar surface area (TPSA) is 55.7 Å². The number of thiophene rings is 1. The van der Waals surface area contributed by atoms with Crippen molar-refractivity contribution in [2.45, 2.75) is 0 Å². The first-order chi connectivity index (χ1) is 8.75. The summed E-state index contributed by atoms with van der Waals surface area (Å²) in [5.41, 5.74) is 1.57. The van der Waals surface area contributed by atoms with Crippen molar-refractivity contribution in [1.82, 2.24) is 15.0 Å². The molecular weight excluding hydrogens is 270 g/mol. The maximum Gasteiger partial charge on any atom is 0.223 e. The zero-order valence-corrected chi connectivity index (χ0v) is 10.6. The predicted octanol–water partition coefficient (Wildman–Crippen LogP) is 2.97. The van der Waals surface area contributed by atoms with E-state index < -0.39 is 0 Å². The molecule has 0 fully saturated rings. The molecule has 0 bridgehead atoms. The Morgan fingerprint density at radius 2 is 1.94 bits per heavy atom. The summed E-state index contributed by atoms with van der Waals surface area (Å²) in [6.45, 7) is 0. The summed E-state index contributed by atoms with van der Waals surface area (Å²) in [6, 6.07) is 5.12. The van der Waals surface area contributed by atoms with Gasteiger partial charge in [-0.05, 0) is 35.2 Å². The lowest BCUT2D eigenvalue weighted by Crippen LogP contribution is -2.05. The number of fused-ring (bicyclic) bond motifs is 1. The van der Waals surface area contributed by atoms with Crippen molar-refractivity contribution in [3.63, 3.8) is 0 Å². The lowest BCUT2D eigenvalue weighted by atomic mass is 10.1. The van der Waals surface area contributed by atoms with E-state index in [1.54, 1.807) is 24.5 Å². The maximum absolute atomic E-state index is 12.3. The number of hydrogen-bond acceptors (Lipinski definition) is 5. The number of nitrogens with zero attached hydrogens (tertiary/aromatic N) is 3. The van der Waals surface area contributed by atoms with E-state index >= 15 is 0 Å². The van der Waals surface area contributed by atoms with Crippen LogP contribution >= 0.6 is 22.9 Å². The molecule has 0 amide bonds. The van der Waals surface area contributed by atoms with Crippen molar-refractivity contribution in [2.75, 3.05) is 0 Å². The number of pyridine rings is 1. The third-order valence-electron chi connectivity index (χ3n) is 2.43. The van der Waals surface area contributed by atoms with Crippen molar-refractivity contribution in [1.29, 1.82) is 0 Å². The van der Waals surface area contributed by atoms with Crippen LogP contribution in [0.15, 0.2) is 36.0 Å². The average molecular weight is 276 g/mol. The van der Waals surface area contributed by atoms with Gasteiger partial charge in [0.05, 0.1) is 10.2 Å². The summed E-state index contributed by atoms with van der Waals surface area (Å²) in [4.78, 5) is 24.3. The Kier molecular flexibility index (Phi) is 2.77. The van der Waals surface area contributed by atoms with Crippen molar-refractivity contribution in [3.8, 4) is 0 Å². The third-order valence-corrected chi connectivity index (χ3v) is 3.51. The van der Waals surface area contributed by atoms with E-state index in [-0.39, 0.29) is 11.1 Å². The first kappa shape index (κ1) is 11.3. The second-order valence-electron chi connectivity index (χ2n) is 3.54. The van der Waals surface area contributed by atoms with E-state index in [0.717, 1.165) is 4.70 Å². The van der Waals surface area contributed by atoms with Gasteiger partial charge in [-0.15, -0.1) is 11.3 Å². The highest BCUT2D eigenvalue weighted by molar-refractivity contribution is 7.17. The largest absolute Gasteiger partial charge is 0.287 e. The van der Waals surface area contributed by atoms with Gasteiger partial charge < -0.3 is 0 Å². The van der Waals surface area contributed by atoms with E-state index in [1.165, 1.54) is 11.3 Å². The molecule has 0 spiro atoms. The van der Waals surface area contributed by atoms with E-state index in [9.17, 15) is 4.79 Å². The van der Waals surface area contributed by atoms with Gasteiger partial charge in [-0.25, -0.2) is 9.97 Å². The standard InChI is InChI=1S/C12H6ClN3OS/c13-12-15-8-3-6-18-11(8)9(16-12)10(17)7-1-4-14-5-2-7/h1-6H. The first-order valence-electron chi connectivity index (χ1n) is 5.11. The van der Waals surface area contributed by atoms with Crippen LogP contribution in [0.1, 0.15) is 16.1 Å². The van der Waals surface area contributed by atoms with Crippen LogP contribution in [-0.2, 0) is 0 Å². The molecule has 3 heterocycles. The van der Waals surface area contributed by atoms with Gasteiger partial charge in [0.1, 0.15) is 5.69 Å². The van der Waals surface area contributed by atoms with Crippen LogP contribution in [0.4, 0.5) is 0 Å². The van der Waals surface area contributed by atoms with E-state index in [0.29, 0.717) is 16.8 Å². The summed E-state index contributed by atoms with van der Waals surface area (Å²) in [5, 5.41) is 1.94. The first-order valence-corrected chi connectivity index (χ1v) is 6.37. The van der Waals surface area contributed by atoms with Gasteiger partial charge in [0.25, 0.3) is 0 Å². The lowest BCUT2D eigenvalue weighted by molar-refractivity contribution is 0.103. The monoisotopic (exact) mass is 275 g/mol. The number of rotatable bonds is 2. The van der Waals surface area contributed by atoms with Gasteiger partial charge in [-0.1, -0.05) is 0 Å². The quantitative estimate of drug-likeness (QED) is 0.533. The number of ketones is 1. The molecule has 0 atom stereocenters. The van der Waals surface area contributed by atoms with Crippen LogP contribution in [0.2, 0.25) is 5.28 Å². The summed E-state index contributed by atoms with van der Waals surface area (Å²) >= 11 is 7.26. The second kappa shape index (κ2) is 4.44. The highest BCUT2D eigenvalue weighted by Crippen LogP contribution is 2.25. The average Bonchev–Trinajstić information content (AvgIpc) is 2.86. The molecule has 0 aliphatic heterocycles. The fraction of sp³-hybridized carbons (Fsp3) is 0. The molecule has 3 rings (SSSR count). The Bertz CT molecular complexity index is 727. The van der Waals surface area contributed by atoms with Crippen molar-refractivity contribution < 1.29 is 4.79 Å². The molecule has 0 aromatic carbocycles. The molecule has 0 saturated heterocycles. The van der Waals surface area contributed by atoms with E-state index in [1.807, 2.05) is 11.4 Å². The van der Waals surface area contributed by atoms with Gasteiger partial charge >= 0.3 is 0 Å². The normalized spacial score (nSPS) is 10.7. The number of carbonyl (C=O) groups is 1. The van der Waals surface area contributed by atoms with E-state index in [2.05, 4.69) is 15.0 Å². The molecule has 88 valence electrons. The molecule has 0 unspecified atom stereocenters. The third kappa shape index (κ3) is 1.87. The molecule has 18 heavy (non-hydrogen) atoms. The summed E-state index contributed by atoms with van der Waals surface area (Å²) in [7, 11) is 0. The Labute approximate surface area is 111 Å². The minimum absolute atomic E-state index is 0.0818. The van der Waals surface area contributed by atoms with Crippen LogP contribution in [0, 0.1) is 0 Å². The number of carbonyl (C=O) groups excluding carboxylic acids is 1. The van der Waals surface area contributed by atoms with E-state index in [4.69, 9.17) is 11.6 Å². The molecule has 6 heteroatoms. The van der Waals surface area contributed by atoms with Crippen LogP contribution < -0.4 is 0 Å². The fourth-order valence-corrected chi connectivity index (χ4v) is 2.62. The Morgan fingerprint density at radius 1 is 1.17 bits per heavy atom. The van der Waals surface area contributed by atoms with Crippen LogP contribution in [0.3, 0.4) is 0 Å². The summed E-state index contributed by atoms with van der Waals surface area (Å²) < 4.78 is 0.751. The van der Waals surface area contributed by atoms with Gasteiger partial charge in [0.15, 0.2) is 0 Å². The highest BCUT2D eigenvalue weighted by atomic mass is 35.5. The van der Waals surface area contributed by atoms with Crippen molar-refractivity contribution in [3.05, 3.63) is 52.5 Å². The molecule has 0 N–H and O–H groups in total. The van der Waals surface area contributed by atoms with Crippen LogP contribution in [-0.4, -0.2) is 20.7 Å². The molecular formula is C12H6ClN3OS. The Morgan fingerprint density at radius 3 is 2.72 bits per heavy atom. The van der Waals surface area contributed by atoms with Crippen molar-refractivity contribution in [2.24, 2.45) is 0 Å². The molecule has 0 saturated carbocycles. The molecule has 0 aliphatic rings. The predicted molar refractivity (Wildman–Crippen MR) is 70.1 cm³/mol. The SMILES string of the molecule is O=C(c1ccncc1)c1nc(Cl)nc2ccsc12. The minimum atomic E-state index is -0.172. The molecule has 0 aliphatic carbocycles. The van der Waals surface area contributed by atoms with Gasteiger partial charge in [-0.3, -0.25) is 9.78 Å². The second-order valence-corrected chi connectivity index (χ2v) is 4.80. The smallest absolute Gasteiger partial charge is 0.223 e. The van der Waals surface area contributed by atoms with Gasteiger partial charge in [0, 0.05) is 18.0 Å². The molecule has 0 radical (unpaired) electrons. The number of hydrogen-bond donors (Lipinski definition) is 0. The highest BCUT2D eigenvalue weighted by Gasteiger charge is 2.17. The van der Waals surface area contributed by atoms with Gasteiger partial charge in [-0.2, -0.15) is 0 Å². The molecule has 3 aromatic heterocycles. The Balaban J connectivity index is 2.20. The zero-order valence-electron chi connectivity index (χ0n) is 9.00.